The van der Waals surface area contributed by atoms with E-state index >= 15 is 0 Å². The molecule has 0 aromatic carbocycles. The monoisotopic (exact) mass is 276 g/mol. The van der Waals surface area contributed by atoms with Crippen molar-refractivity contribution in [2.24, 2.45) is 11.8 Å². The molecule has 3 rings (SSSR count). The molecule has 0 bridgehead atoms. The Bertz CT molecular complexity index is 567. The van der Waals surface area contributed by atoms with Gasteiger partial charge in [0.25, 0.3) is 5.89 Å². The predicted octanol–water partition coefficient (Wildman–Crippen LogP) is 2.37. The summed E-state index contributed by atoms with van der Waals surface area (Å²) < 4.78 is 5.24. The standard InChI is InChI=1S/C13H20N6O/c1-7(2)8-3-5-9(6-4-8)10-15-12(20-19-10)11-16-13(14)18-17-11/h7-9H,3-6H2,1-2H3,(H3,14,16,17,18). The summed E-state index contributed by atoms with van der Waals surface area (Å²) in [5.74, 6) is 3.71. The van der Waals surface area contributed by atoms with Gasteiger partial charge in [0.05, 0.1) is 0 Å². The maximum absolute atomic E-state index is 5.47. The maximum Gasteiger partial charge on any atom is 0.295 e. The molecular formula is C13H20N6O. The number of nitrogen functional groups attached to an aromatic ring is 1. The van der Waals surface area contributed by atoms with Gasteiger partial charge in [0.15, 0.2) is 5.82 Å². The van der Waals surface area contributed by atoms with E-state index in [1.54, 1.807) is 0 Å². The number of hydrogen-bond donors (Lipinski definition) is 2. The fourth-order valence-corrected chi connectivity index (χ4v) is 2.91. The third-order valence-corrected chi connectivity index (χ3v) is 4.23. The summed E-state index contributed by atoms with van der Waals surface area (Å²) in [6.07, 6.45) is 4.73. The summed E-state index contributed by atoms with van der Waals surface area (Å²) in [4.78, 5) is 8.41. The highest BCUT2D eigenvalue weighted by Crippen LogP contribution is 2.37. The molecule has 1 fully saturated rings. The molecule has 1 saturated carbocycles. The van der Waals surface area contributed by atoms with Crippen molar-refractivity contribution < 1.29 is 4.52 Å². The van der Waals surface area contributed by atoms with Crippen molar-refractivity contribution in [2.75, 3.05) is 5.73 Å². The number of aromatic nitrogens is 5. The Balaban J connectivity index is 1.69. The van der Waals surface area contributed by atoms with Gasteiger partial charge >= 0.3 is 0 Å². The van der Waals surface area contributed by atoms with E-state index in [9.17, 15) is 0 Å². The van der Waals surface area contributed by atoms with Gasteiger partial charge < -0.3 is 10.3 Å². The van der Waals surface area contributed by atoms with Crippen molar-refractivity contribution in [3.05, 3.63) is 5.82 Å². The lowest BCUT2D eigenvalue weighted by Gasteiger charge is -2.29. The zero-order valence-corrected chi connectivity index (χ0v) is 11.8. The Kier molecular flexibility index (Phi) is 3.42. The molecule has 7 nitrogen and oxygen atoms in total. The summed E-state index contributed by atoms with van der Waals surface area (Å²) in [7, 11) is 0. The van der Waals surface area contributed by atoms with Gasteiger partial charge in [-0.05, 0) is 37.5 Å². The van der Waals surface area contributed by atoms with Gasteiger partial charge in [-0.2, -0.15) is 9.97 Å². The van der Waals surface area contributed by atoms with Crippen LogP contribution in [-0.4, -0.2) is 25.3 Å². The van der Waals surface area contributed by atoms with Crippen molar-refractivity contribution in [3.8, 4) is 11.7 Å². The highest BCUT2D eigenvalue weighted by Gasteiger charge is 2.27. The van der Waals surface area contributed by atoms with Crippen molar-refractivity contribution >= 4 is 5.95 Å². The van der Waals surface area contributed by atoms with Crippen LogP contribution in [0, 0.1) is 11.8 Å². The van der Waals surface area contributed by atoms with E-state index in [0.29, 0.717) is 17.6 Å². The van der Waals surface area contributed by atoms with Crippen LogP contribution in [0.1, 0.15) is 51.3 Å². The smallest absolute Gasteiger partial charge is 0.295 e. The molecule has 0 spiro atoms. The molecule has 0 saturated heterocycles. The lowest BCUT2D eigenvalue weighted by molar-refractivity contribution is 0.252. The number of rotatable bonds is 3. The first-order valence-corrected chi connectivity index (χ1v) is 7.15. The number of anilines is 1. The summed E-state index contributed by atoms with van der Waals surface area (Å²) in [5.41, 5.74) is 5.47. The van der Waals surface area contributed by atoms with Gasteiger partial charge in [0.2, 0.25) is 11.8 Å². The van der Waals surface area contributed by atoms with Gasteiger partial charge in [0.1, 0.15) is 0 Å². The first-order chi connectivity index (χ1) is 9.63. The van der Waals surface area contributed by atoms with Crippen LogP contribution in [-0.2, 0) is 0 Å². The lowest BCUT2D eigenvalue weighted by atomic mass is 9.77. The molecule has 0 unspecified atom stereocenters. The number of nitrogens with one attached hydrogen (secondary N) is 1. The second kappa shape index (κ2) is 5.22. The van der Waals surface area contributed by atoms with Gasteiger partial charge in [-0.1, -0.05) is 19.0 Å². The topological polar surface area (TPSA) is 107 Å². The Morgan fingerprint density at radius 2 is 1.95 bits per heavy atom. The van der Waals surface area contributed by atoms with E-state index in [0.717, 1.165) is 30.5 Å². The minimum absolute atomic E-state index is 0.178. The number of nitrogens with two attached hydrogens (primary N) is 1. The van der Waals surface area contributed by atoms with E-state index < -0.39 is 0 Å². The fourth-order valence-electron chi connectivity index (χ4n) is 2.91. The van der Waals surface area contributed by atoms with Crippen molar-refractivity contribution in [1.29, 1.82) is 0 Å². The second-order valence-corrected chi connectivity index (χ2v) is 5.86. The molecule has 108 valence electrons. The van der Waals surface area contributed by atoms with Crippen LogP contribution in [0.5, 0.6) is 0 Å². The molecule has 2 heterocycles. The van der Waals surface area contributed by atoms with Crippen LogP contribution >= 0.6 is 0 Å². The minimum atomic E-state index is 0.178. The first-order valence-electron chi connectivity index (χ1n) is 7.15. The SMILES string of the molecule is CC(C)C1CCC(c2noc(-c3nc(N)n[nH]3)n2)CC1. The summed E-state index contributed by atoms with van der Waals surface area (Å²) >= 11 is 0. The molecule has 3 N–H and O–H groups in total. The second-order valence-electron chi connectivity index (χ2n) is 5.86. The minimum Gasteiger partial charge on any atom is -0.366 e. The van der Waals surface area contributed by atoms with Crippen molar-refractivity contribution in [2.45, 2.75) is 45.4 Å². The molecule has 7 heteroatoms. The van der Waals surface area contributed by atoms with Gasteiger partial charge in [0, 0.05) is 5.92 Å². The van der Waals surface area contributed by atoms with Gasteiger partial charge in [-0.25, -0.2) is 0 Å². The highest BCUT2D eigenvalue weighted by molar-refractivity contribution is 5.41. The number of nitrogens with zero attached hydrogens (tertiary/aromatic N) is 4. The Labute approximate surface area is 117 Å². The Morgan fingerprint density at radius 3 is 2.55 bits per heavy atom. The van der Waals surface area contributed by atoms with E-state index in [4.69, 9.17) is 10.3 Å². The molecule has 1 aliphatic carbocycles. The summed E-state index contributed by atoms with van der Waals surface area (Å²) in [5, 5.41) is 10.5. The molecule has 0 amide bonds. The average molecular weight is 276 g/mol. The molecular weight excluding hydrogens is 256 g/mol. The van der Waals surface area contributed by atoms with E-state index in [2.05, 4.69) is 39.2 Å². The number of hydrogen-bond acceptors (Lipinski definition) is 6. The zero-order chi connectivity index (χ0) is 14.1. The Morgan fingerprint density at radius 1 is 1.20 bits per heavy atom. The van der Waals surface area contributed by atoms with Crippen LogP contribution in [0.25, 0.3) is 11.7 Å². The molecule has 0 atom stereocenters. The van der Waals surface area contributed by atoms with Crippen LogP contribution in [0.4, 0.5) is 5.95 Å². The zero-order valence-electron chi connectivity index (χ0n) is 11.8. The Hall–Kier alpha value is -1.92. The lowest BCUT2D eigenvalue weighted by Crippen LogP contribution is -2.18. The largest absolute Gasteiger partial charge is 0.366 e. The van der Waals surface area contributed by atoms with E-state index in [1.165, 1.54) is 12.8 Å². The van der Waals surface area contributed by atoms with Crippen LogP contribution in [0.2, 0.25) is 0 Å². The van der Waals surface area contributed by atoms with E-state index in [-0.39, 0.29) is 5.95 Å². The normalized spacial score (nSPS) is 23.4. The average Bonchev–Trinajstić information content (AvgIpc) is 3.07. The van der Waals surface area contributed by atoms with Crippen molar-refractivity contribution in [1.82, 2.24) is 25.3 Å². The molecule has 0 radical (unpaired) electrons. The molecule has 1 aliphatic rings. The number of H-pyrrole nitrogens is 1. The van der Waals surface area contributed by atoms with E-state index in [1.807, 2.05) is 0 Å². The van der Waals surface area contributed by atoms with Gasteiger partial charge in [-0.3, -0.25) is 5.10 Å². The van der Waals surface area contributed by atoms with Crippen LogP contribution in [0.15, 0.2) is 4.52 Å². The van der Waals surface area contributed by atoms with Crippen LogP contribution < -0.4 is 5.73 Å². The molecule has 0 aliphatic heterocycles. The van der Waals surface area contributed by atoms with Crippen LogP contribution in [0.3, 0.4) is 0 Å². The quantitative estimate of drug-likeness (QED) is 0.891. The molecule has 2 aromatic rings. The summed E-state index contributed by atoms with van der Waals surface area (Å²) in [6, 6.07) is 0. The predicted molar refractivity (Wildman–Crippen MR) is 73.6 cm³/mol. The third kappa shape index (κ3) is 2.52. The molecule has 2 aromatic heterocycles. The first kappa shape index (κ1) is 13.1. The van der Waals surface area contributed by atoms with Crippen molar-refractivity contribution in [3.63, 3.8) is 0 Å². The third-order valence-electron chi connectivity index (χ3n) is 4.23. The highest BCUT2D eigenvalue weighted by atomic mass is 16.5. The molecule has 20 heavy (non-hydrogen) atoms. The van der Waals surface area contributed by atoms with Gasteiger partial charge in [-0.15, -0.1) is 5.10 Å². The summed E-state index contributed by atoms with van der Waals surface area (Å²) in [6.45, 7) is 4.59. The number of aromatic amines is 1. The maximum atomic E-state index is 5.47. The fraction of sp³-hybridized carbons (Fsp3) is 0.692.